The minimum absolute atomic E-state index is 0.00665. The number of carbonyl (C=O) groups is 2. The fourth-order valence-corrected chi connectivity index (χ4v) is 7.51. The van der Waals surface area contributed by atoms with Crippen LogP contribution in [-0.4, -0.2) is 46.3 Å². The van der Waals surface area contributed by atoms with Gasteiger partial charge < -0.3 is 19.3 Å². The van der Waals surface area contributed by atoms with Crippen molar-refractivity contribution in [1.82, 2.24) is 10.2 Å². The van der Waals surface area contributed by atoms with Gasteiger partial charge in [0.1, 0.15) is 17.6 Å². The SMILES string of the molecule is CCCCOc1ccc([C@H]2C(=C(O)c3ccc4c(c3)C[C@H](C)O4)C(=O)C(=O)N2c2nnc(SCc3ccc(Cl)cc3)s2)cc1OCC. The zero-order chi connectivity index (χ0) is 33.1. The van der Waals surface area contributed by atoms with Crippen molar-refractivity contribution < 1.29 is 28.9 Å². The lowest BCUT2D eigenvalue weighted by Crippen LogP contribution is -2.29. The number of carbonyl (C=O) groups excluding carboxylic acids is 2. The highest BCUT2D eigenvalue weighted by Gasteiger charge is 2.48. The smallest absolute Gasteiger partial charge is 0.301 e. The second kappa shape index (κ2) is 14.4. The molecule has 2 aliphatic rings. The van der Waals surface area contributed by atoms with Crippen LogP contribution in [0.25, 0.3) is 5.76 Å². The van der Waals surface area contributed by atoms with Gasteiger partial charge in [-0.05, 0) is 79.4 Å². The summed E-state index contributed by atoms with van der Waals surface area (Å²) in [5, 5.41) is 21.3. The number of anilines is 1. The Morgan fingerprint density at radius 2 is 1.87 bits per heavy atom. The molecule has 1 aromatic heterocycles. The van der Waals surface area contributed by atoms with E-state index in [1.54, 1.807) is 30.3 Å². The van der Waals surface area contributed by atoms with Gasteiger partial charge in [-0.3, -0.25) is 14.5 Å². The van der Waals surface area contributed by atoms with E-state index in [0.29, 0.717) is 57.4 Å². The van der Waals surface area contributed by atoms with Gasteiger partial charge in [-0.1, -0.05) is 66.2 Å². The van der Waals surface area contributed by atoms with E-state index in [-0.39, 0.29) is 22.6 Å². The van der Waals surface area contributed by atoms with Crippen molar-refractivity contribution in [1.29, 1.82) is 0 Å². The molecule has 3 heterocycles. The Morgan fingerprint density at radius 1 is 1.06 bits per heavy atom. The van der Waals surface area contributed by atoms with Crippen LogP contribution in [-0.2, 0) is 21.8 Å². The maximum absolute atomic E-state index is 13.8. The summed E-state index contributed by atoms with van der Waals surface area (Å²) in [6, 6.07) is 17.1. The van der Waals surface area contributed by atoms with Crippen molar-refractivity contribution in [2.24, 2.45) is 0 Å². The molecule has 4 aromatic rings. The third kappa shape index (κ3) is 6.97. The predicted molar refractivity (Wildman–Crippen MR) is 184 cm³/mol. The van der Waals surface area contributed by atoms with Gasteiger partial charge in [0.25, 0.3) is 5.78 Å². The molecule has 0 spiro atoms. The van der Waals surface area contributed by atoms with E-state index in [1.807, 2.05) is 44.2 Å². The Morgan fingerprint density at radius 3 is 2.64 bits per heavy atom. The maximum Gasteiger partial charge on any atom is 0.301 e. The van der Waals surface area contributed by atoms with Gasteiger partial charge in [-0.25, -0.2) is 0 Å². The number of fused-ring (bicyclic) bond motifs is 1. The van der Waals surface area contributed by atoms with Gasteiger partial charge in [0.05, 0.1) is 24.8 Å². The average molecular weight is 692 g/mol. The molecular formula is C35H34ClN3O6S2. The molecule has 244 valence electrons. The molecule has 47 heavy (non-hydrogen) atoms. The highest BCUT2D eigenvalue weighted by atomic mass is 35.5. The van der Waals surface area contributed by atoms with E-state index in [4.69, 9.17) is 25.8 Å². The number of hydrogen-bond acceptors (Lipinski definition) is 10. The van der Waals surface area contributed by atoms with Gasteiger partial charge in [0.2, 0.25) is 5.13 Å². The number of aromatic nitrogens is 2. The lowest BCUT2D eigenvalue weighted by atomic mass is 9.94. The number of amides is 1. The van der Waals surface area contributed by atoms with Gasteiger partial charge in [-0.15, -0.1) is 10.2 Å². The summed E-state index contributed by atoms with van der Waals surface area (Å²) in [6.45, 7) is 6.84. The molecule has 9 nitrogen and oxygen atoms in total. The first-order chi connectivity index (χ1) is 22.8. The third-order valence-corrected chi connectivity index (χ3v) is 10.2. The number of rotatable bonds is 12. The first-order valence-electron chi connectivity index (χ1n) is 15.5. The molecule has 6 rings (SSSR count). The zero-order valence-electron chi connectivity index (χ0n) is 26.2. The van der Waals surface area contributed by atoms with Crippen molar-refractivity contribution in [2.45, 2.75) is 62.3 Å². The molecule has 12 heteroatoms. The third-order valence-electron chi connectivity index (χ3n) is 7.83. The number of thioether (sulfide) groups is 1. The van der Waals surface area contributed by atoms with Crippen LogP contribution in [0.4, 0.5) is 5.13 Å². The summed E-state index contributed by atoms with van der Waals surface area (Å²) in [7, 11) is 0. The minimum atomic E-state index is -0.996. The number of Topliss-reactive ketones (excluding diaryl/α,β-unsaturated/α-hetero) is 1. The summed E-state index contributed by atoms with van der Waals surface area (Å²) in [5.74, 6) is 0.499. The van der Waals surface area contributed by atoms with E-state index < -0.39 is 17.7 Å². The van der Waals surface area contributed by atoms with E-state index in [2.05, 4.69) is 17.1 Å². The van der Waals surface area contributed by atoms with Crippen LogP contribution in [0.1, 0.15) is 61.9 Å². The van der Waals surface area contributed by atoms with E-state index in [1.165, 1.54) is 28.0 Å². The van der Waals surface area contributed by atoms with Crippen molar-refractivity contribution in [3.8, 4) is 17.2 Å². The summed E-state index contributed by atoms with van der Waals surface area (Å²) in [4.78, 5) is 29.0. The Bertz CT molecular complexity index is 1830. The molecule has 0 radical (unpaired) electrons. The van der Waals surface area contributed by atoms with Gasteiger partial charge in [0.15, 0.2) is 15.8 Å². The molecule has 2 aliphatic heterocycles. The van der Waals surface area contributed by atoms with Gasteiger partial charge in [0, 0.05) is 22.8 Å². The second-order valence-electron chi connectivity index (χ2n) is 11.2. The predicted octanol–water partition coefficient (Wildman–Crippen LogP) is 8.01. The van der Waals surface area contributed by atoms with E-state index in [0.717, 1.165) is 29.7 Å². The van der Waals surface area contributed by atoms with Crippen molar-refractivity contribution in [2.75, 3.05) is 18.1 Å². The fraction of sp³-hybridized carbons (Fsp3) is 0.314. The second-order valence-corrected chi connectivity index (χ2v) is 13.8. The molecule has 1 N–H and O–H groups in total. The van der Waals surface area contributed by atoms with Crippen molar-refractivity contribution in [3.05, 3.63) is 93.5 Å². The summed E-state index contributed by atoms with van der Waals surface area (Å²) in [6.07, 6.45) is 2.54. The number of nitrogens with zero attached hydrogens (tertiary/aromatic N) is 3. The van der Waals surface area contributed by atoms with Crippen LogP contribution in [0.2, 0.25) is 5.02 Å². The molecule has 0 unspecified atom stereocenters. The highest BCUT2D eigenvalue weighted by molar-refractivity contribution is 8.00. The number of unbranched alkanes of at least 4 members (excludes halogenated alkanes) is 1. The number of halogens is 1. The Labute approximate surface area is 286 Å². The monoisotopic (exact) mass is 691 g/mol. The normalized spacial score (nSPS) is 18.3. The van der Waals surface area contributed by atoms with Crippen LogP contribution in [0, 0.1) is 0 Å². The van der Waals surface area contributed by atoms with Crippen LogP contribution in [0.3, 0.4) is 0 Å². The van der Waals surface area contributed by atoms with Crippen LogP contribution in [0.15, 0.2) is 70.6 Å². The molecule has 0 saturated carbocycles. The van der Waals surface area contributed by atoms with Crippen molar-refractivity contribution >= 4 is 57.3 Å². The first-order valence-corrected chi connectivity index (χ1v) is 17.7. The first kappa shape index (κ1) is 32.9. The van der Waals surface area contributed by atoms with Crippen molar-refractivity contribution in [3.63, 3.8) is 0 Å². The molecular weight excluding hydrogens is 658 g/mol. The fourth-order valence-electron chi connectivity index (χ4n) is 5.56. The quantitative estimate of drug-likeness (QED) is 0.0394. The van der Waals surface area contributed by atoms with Gasteiger partial charge in [-0.2, -0.15) is 0 Å². The van der Waals surface area contributed by atoms with Gasteiger partial charge >= 0.3 is 5.91 Å². The average Bonchev–Trinajstić information content (AvgIpc) is 3.76. The summed E-state index contributed by atoms with van der Waals surface area (Å²) in [5.41, 5.74) is 2.90. The molecule has 3 aromatic carbocycles. The Kier molecular flexibility index (Phi) is 10.0. The lowest BCUT2D eigenvalue weighted by Gasteiger charge is -2.23. The molecule has 0 bridgehead atoms. The summed E-state index contributed by atoms with van der Waals surface area (Å²) >= 11 is 8.70. The lowest BCUT2D eigenvalue weighted by molar-refractivity contribution is -0.132. The van der Waals surface area contributed by atoms with E-state index in [9.17, 15) is 14.7 Å². The number of ether oxygens (including phenoxy) is 3. The number of aliphatic hydroxyl groups is 1. The van der Waals surface area contributed by atoms with Crippen LogP contribution in [0.5, 0.6) is 17.2 Å². The number of benzene rings is 3. The molecule has 2 atom stereocenters. The van der Waals surface area contributed by atoms with Crippen LogP contribution < -0.4 is 19.1 Å². The number of hydrogen-bond donors (Lipinski definition) is 1. The molecule has 1 fully saturated rings. The minimum Gasteiger partial charge on any atom is -0.507 e. The topological polar surface area (TPSA) is 111 Å². The summed E-state index contributed by atoms with van der Waals surface area (Å²) < 4.78 is 18.4. The standard InChI is InChI=1S/C35H34ClN3O6S2/c1-4-6-15-44-27-14-9-22(18-28(27)43-5-2)30-29(31(40)23-10-13-26-24(17-23)16-20(3)45-26)32(41)33(42)39(30)34-37-38-35(47-34)46-19-21-7-11-25(36)12-8-21/h7-14,17-18,20,30,40H,4-6,15-16,19H2,1-3H3/t20-,30-/m0/s1. The Hall–Kier alpha value is -4.06. The molecule has 1 amide bonds. The zero-order valence-corrected chi connectivity index (χ0v) is 28.6. The number of ketones is 1. The Balaban J connectivity index is 1.41. The maximum atomic E-state index is 13.8. The van der Waals surface area contributed by atoms with Crippen LogP contribution >= 0.6 is 34.7 Å². The molecule has 0 aliphatic carbocycles. The largest absolute Gasteiger partial charge is 0.507 e. The van der Waals surface area contributed by atoms with E-state index >= 15 is 0 Å². The molecule has 1 saturated heterocycles. The highest BCUT2D eigenvalue weighted by Crippen LogP contribution is 2.46. The number of aliphatic hydroxyl groups excluding tert-OH is 1.